The van der Waals surface area contributed by atoms with E-state index in [0.717, 1.165) is 6.54 Å². The Balaban J connectivity index is 1.70. The standard InChI is InChI=1S/C15H19N3O3/c1-15(2)9-7-17-12(11(9)15)13(19)18-8-4-5-16-10(6-8)14(20)21-3/h4-6,9,11-12,17H,7H2,1-3H3,(H,16,18,19)/t9-,11-,12-/m0/s1. The fourth-order valence-electron chi connectivity index (χ4n) is 3.42. The molecule has 0 aromatic carbocycles. The Morgan fingerprint density at radius 1 is 1.48 bits per heavy atom. The van der Waals surface area contributed by atoms with Gasteiger partial charge in [-0.1, -0.05) is 13.8 Å². The Kier molecular flexibility index (Phi) is 3.20. The fourth-order valence-corrected chi connectivity index (χ4v) is 3.42. The minimum Gasteiger partial charge on any atom is -0.464 e. The van der Waals surface area contributed by atoms with Crippen LogP contribution in [-0.2, 0) is 9.53 Å². The molecule has 1 aliphatic carbocycles. The van der Waals surface area contributed by atoms with Crippen molar-refractivity contribution < 1.29 is 14.3 Å². The zero-order valence-electron chi connectivity index (χ0n) is 12.3. The Morgan fingerprint density at radius 3 is 2.86 bits per heavy atom. The maximum absolute atomic E-state index is 12.4. The molecule has 1 aromatic rings. The van der Waals surface area contributed by atoms with Crippen molar-refractivity contribution in [2.45, 2.75) is 19.9 Å². The molecule has 1 amide bonds. The van der Waals surface area contributed by atoms with Crippen molar-refractivity contribution >= 4 is 17.6 Å². The van der Waals surface area contributed by atoms with Crippen molar-refractivity contribution in [3.8, 4) is 0 Å². The number of amides is 1. The second-order valence-corrected chi connectivity index (χ2v) is 6.25. The van der Waals surface area contributed by atoms with Crippen molar-refractivity contribution in [1.29, 1.82) is 0 Å². The van der Waals surface area contributed by atoms with Crippen LogP contribution in [0.15, 0.2) is 18.3 Å². The number of rotatable bonds is 3. The van der Waals surface area contributed by atoms with Gasteiger partial charge in [0.25, 0.3) is 0 Å². The number of piperidine rings is 1. The zero-order chi connectivity index (χ0) is 15.2. The van der Waals surface area contributed by atoms with Gasteiger partial charge in [0.05, 0.1) is 13.2 Å². The third-order valence-electron chi connectivity index (χ3n) is 4.76. The first-order valence-electron chi connectivity index (χ1n) is 7.03. The summed E-state index contributed by atoms with van der Waals surface area (Å²) in [7, 11) is 1.30. The van der Waals surface area contributed by atoms with Gasteiger partial charge in [-0.25, -0.2) is 9.78 Å². The highest BCUT2D eigenvalue weighted by Gasteiger charge is 2.65. The van der Waals surface area contributed by atoms with Gasteiger partial charge in [-0.05, 0) is 35.9 Å². The molecule has 0 unspecified atom stereocenters. The topological polar surface area (TPSA) is 80.3 Å². The number of carbonyl (C=O) groups excluding carboxylic acids is 2. The van der Waals surface area contributed by atoms with E-state index < -0.39 is 5.97 Å². The molecule has 2 fully saturated rings. The quantitative estimate of drug-likeness (QED) is 0.813. The van der Waals surface area contributed by atoms with Crippen LogP contribution in [0.4, 0.5) is 5.69 Å². The van der Waals surface area contributed by atoms with Crippen LogP contribution in [0.2, 0.25) is 0 Å². The molecular formula is C15H19N3O3. The second-order valence-electron chi connectivity index (χ2n) is 6.25. The molecule has 2 aliphatic rings. The minimum atomic E-state index is -0.520. The van der Waals surface area contributed by atoms with Gasteiger partial charge in [0.1, 0.15) is 5.69 Å². The highest BCUT2D eigenvalue weighted by Crippen LogP contribution is 2.62. The summed E-state index contributed by atoms with van der Waals surface area (Å²) in [6, 6.07) is 3.02. The van der Waals surface area contributed by atoms with Crippen LogP contribution in [0.5, 0.6) is 0 Å². The number of aromatic nitrogens is 1. The number of pyridine rings is 1. The third-order valence-corrected chi connectivity index (χ3v) is 4.76. The van der Waals surface area contributed by atoms with E-state index in [4.69, 9.17) is 0 Å². The molecule has 1 saturated carbocycles. The largest absolute Gasteiger partial charge is 0.464 e. The van der Waals surface area contributed by atoms with Crippen LogP contribution in [0, 0.1) is 17.3 Å². The molecule has 112 valence electrons. The maximum Gasteiger partial charge on any atom is 0.356 e. The summed E-state index contributed by atoms with van der Waals surface area (Å²) >= 11 is 0. The molecule has 3 rings (SSSR count). The predicted molar refractivity (Wildman–Crippen MR) is 76.8 cm³/mol. The average molecular weight is 289 g/mol. The van der Waals surface area contributed by atoms with Crippen molar-refractivity contribution in [3.05, 3.63) is 24.0 Å². The lowest BCUT2D eigenvalue weighted by Crippen LogP contribution is -2.41. The molecule has 0 radical (unpaired) electrons. The van der Waals surface area contributed by atoms with E-state index in [1.807, 2.05) is 0 Å². The molecule has 0 spiro atoms. The number of nitrogens with zero attached hydrogens (tertiary/aromatic N) is 1. The minimum absolute atomic E-state index is 0.0601. The Labute approximate surface area is 123 Å². The first-order valence-corrected chi connectivity index (χ1v) is 7.03. The van der Waals surface area contributed by atoms with Gasteiger partial charge in [-0.3, -0.25) is 4.79 Å². The van der Waals surface area contributed by atoms with E-state index >= 15 is 0 Å². The number of nitrogens with one attached hydrogen (secondary N) is 2. The molecule has 1 aliphatic heterocycles. The number of fused-ring (bicyclic) bond motifs is 1. The number of anilines is 1. The highest BCUT2D eigenvalue weighted by atomic mass is 16.5. The van der Waals surface area contributed by atoms with E-state index in [-0.39, 0.29) is 23.1 Å². The fraction of sp³-hybridized carbons (Fsp3) is 0.533. The lowest BCUT2D eigenvalue weighted by atomic mass is 10.0. The van der Waals surface area contributed by atoms with Crippen LogP contribution in [0.3, 0.4) is 0 Å². The number of hydrogen-bond acceptors (Lipinski definition) is 5. The molecule has 2 heterocycles. The summed E-state index contributed by atoms with van der Waals surface area (Å²) in [4.78, 5) is 27.7. The summed E-state index contributed by atoms with van der Waals surface area (Å²) in [6.07, 6.45) is 1.48. The summed E-state index contributed by atoms with van der Waals surface area (Å²) in [5.41, 5.74) is 0.973. The molecule has 0 bridgehead atoms. The van der Waals surface area contributed by atoms with Gasteiger partial charge in [0.15, 0.2) is 0 Å². The van der Waals surface area contributed by atoms with Gasteiger partial charge in [0.2, 0.25) is 5.91 Å². The first-order chi connectivity index (χ1) is 9.95. The van der Waals surface area contributed by atoms with Gasteiger partial charge >= 0.3 is 5.97 Å². The summed E-state index contributed by atoms with van der Waals surface area (Å²) < 4.78 is 4.62. The first kappa shape index (κ1) is 14.0. The van der Waals surface area contributed by atoms with E-state index in [2.05, 4.69) is 34.2 Å². The predicted octanol–water partition coefficient (Wildman–Crippen LogP) is 1.05. The lowest BCUT2D eigenvalue weighted by Gasteiger charge is -2.18. The summed E-state index contributed by atoms with van der Waals surface area (Å²) in [5, 5.41) is 6.11. The number of methoxy groups -OCH3 is 1. The number of ether oxygens (including phenoxy) is 1. The van der Waals surface area contributed by atoms with Crippen LogP contribution in [-0.4, -0.2) is 36.6 Å². The van der Waals surface area contributed by atoms with Gasteiger partial charge in [0, 0.05) is 11.9 Å². The van der Waals surface area contributed by atoms with Crippen LogP contribution < -0.4 is 10.6 Å². The summed E-state index contributed by atoms with van der Waals surface area (Å²) in [6.45, 7) is 5.29. The molecule has 1 aromatic heterocycles. The molecule has 6 nitrogen and oxygen atoms in total. The van der Waals surface area contributed by atoms with E-state index in [0.29, 0.717) is 17.5 Å². The van der Waals surface area contributed by atoms with Crippen molar-refractivity contribution in [1.82, 2.24) is 10.3 Å². The third kappa shape index (κ3) is 2.29. The molecule has 2 N–H and O–H groups in total. The summed E-state index contributed by atoms with van der Waals surface area (Å²) in [5.74, 6) is 0.388. The monoisotopic (exact) mass is 289 g/mol. The van der Waals surface area contributed by atoms with Crippen molar-refractivity contribution in [2.75, 3.05) is 19.0 Å². The zero-order valence-corrected chi connectivity index (χ0v) is 12.3. The average Bonchev–Trinajstić information content (AvgIpc) is 2.85. The highest BCUT2D eigenvalue weighted by molar-refractivity contribution is 5.97. The maximum atomic E-state index is 12.4. The van der Waals surface area contributed by atoms with Crippen LogP contribution >= 0.6 is 0 Å². The number of esters is 1. The van der Waals surface area contributed by atoms with Crippen molar-refractivity contribution in [3.63, 3.8) is 0 Å². The Hall–Kier alpha value is -1.95. The van der Waals surface area contributed by atoms with Crippen molar-refractivity contribution in [2.24, 2.45) is 17.3 Å². The van der Waals surface area contributed by atoms with Gasteiger partial charge in [-0.2, -0.15) is 0 Å². The van der Waals surface area contributed by atoms with Gasteiger partial charge in [-0.15, -0.1) is 0 Å². The second kappa shape index (κ2) is 4.80. The molecule has 1 saturated heterocycles. The van der Waals surface area contributed by atoms with E-state index in [1.165, 1.54) is 19.4 Å². The normalized spacial score (nSPS) is 28.6. The van der Waals surface area contributed by atoms with Crippen LogP contribution in [0.1, 0.15) is 24.3 Å². The van der Waals surface area contributed by atoms with E-state index in [9.17, 15) is 9.59 Å². The number of hydrogen-bond donors (Lipinski definition) is 2. The Bertz CT molecular complexity index is 600. The smallest absolute Gasteiger partial charge is 0.356 e. The lowest BCUT2D eigenvalue weighted by molar-refractivity contribution is -0.118. The van der Waals surface area contributed by atoms with Crippen LogP contribution in [0.25, 0.3) is 0 Å². The number of carbonyl (C=O) groups is 2. The van der Waals surface area contributed by atoms with E-state index in [1.54, 1.807) is 6.07 Å². The molecule has 21 heavy (non-hydrogen) atoms. The van der Waals surface area contributed by atoms with Gasteiger partial charge < -0.3 is 15.4 Å². The Morgan fingerprint density at radius 2 is 2.24 bits per heavy atom. The molecule has 6 heteroatoms. The molecular weight excluding hydrogens is 270 g/mol. The molecule has 3 atom stereocenters. The SMILES string of the molecule is COC(=O)c1cc(NC(=O)[C@H]2NC[C@H]3[C@@H]2C3(C)C)ccn1.